The van der Waals surface area contributed by atoms with Crippen molar-refractivity contribution in [3.05, 3.63) is 34.8 Å². The number of para-hydroxylation sites is 1. The van der Waals surface area contributed by atoms with E-state index in [0.29, 0.717) is 11.3 Å². The van der Waals surface area contributed by atoms with E-state index in [0.717, 1.165) is 11.3 Å². The van der Waals surface area contributed by atoms with Crippen molar-refractivity contribution in [3.63, 3.8) is 0 Å². The van der Waals surface area contributed by atoms with Gasteiger partial charge in [0.1, 0.15) is 11.8 Å². The number of benzene rings is 1. The van der Waals surface area contributed by atoms with Crippen LogP contribution in [0.1, 0.15) is 22.3 Å². The fourth-order valence-corrected chi connectivity index (χ4v) is 1.87. The molecule has 0 spiro atoms. The SMILES string of the molecule is CCOC(=O)c1nnc(Oc2ccccc2C#N)s1. The molecular weight excluding hydrogens is 266 g/mol. The molecule has 19 heavy (non-hydrogen) atoms. The number of hydrogen-bond acceptors (Lipinski definition) is 7. The summed E-state index contributed by atoms with van der Waals surface area (Å²) in [5, 5.41) is 16.6. The van der Waals surface area contributed by atoms with Crippen LogP contribution >= 0.6 is 11.3 Å². The number of aromatic nitrogens is 2. The second-order valence-electron chi connectivity index (χ2n) is 3.30. The molecule has 0 radical (unpaired) electrons. The van der Waals surface area contributed by atoms with Crippen molar-refractivity contribution in [2.75, 3.05) is 6.61 Å². The zero-order valence-corrected chi connectivity index (χ0v) is 10.8. The highest BCUT2D eigenvalue weighted by Crippen LogP contribution is 2.27. The Balaban J connectivity index is 2.16. The Hall–Kier alpha value is -2.46. The van der Waals surface area contributed by atoms with E-state index in [9.17, 15) is 4.79 Å². The molecule has 0 amide bonds. The third kappa shape index (κ3) is 3.05. The lowest BCUT2D eigenvalue weighted by Gasteiger charge is -2.01. The molecule has 0 atom stereocenters. The number of ether oxygens (including phenoxy) is 2. The predicted octanol–water partition coefficient (Wildman–Crippen LogP) is 2.38. The first-order chi connectivity index (χ1) is 9.24. The highest BCUT2D eigenvalue weighted by Gasteiger charge is 2.15. The predicted molar refractivity (Wildman–Crippen MR) is 67.1 cm³/mol. The molecule has 7 heteroatoms. The first-order valence-corrected chi connectivity index (χ1v) is 6.24. The maximum Gasteiger partial charge on any atom is 0.369 e. The van der Waals surface area contributed by atoms with Crippen LogP contribution in [0.25, 0.3) is 0 Å². The molecular formula is C12H9N3O3S. The summed E-state index contributed by atoms with van der Waals surface area (Å²) in [4.78, 5) is 11.4. The van der Waals surface area contributed by atoms with E-state index in [1.54, 1.807) is 31.2 Å². The standard InChI is InChI=1S/C12H9N3O3S/c1-2-17-11(16)10-14-15-12(19-10)18-9-6-4-3-5-8(9)7-13/h3-6H,2H2,1H3. The lowest BCUT2D eigenvalue weighted by molar-refractivity contribution is 0.0525. The lowest BCUT2D eigenvalue weighted by atomic mass is 10.2. The molecule has 0 aliphatic rings. The smallest absolute Gasteiger partial charge is 0.369 e. The van der Waals surface area contributed by atoms with Crippen LogP contribution in [0.4, 0.5) is 0 Å². The molecule has 1 aromatic heterocycles. The van der Waals surface area contributed by atoms with Gasteiger partial charge < -0.3 is 9.47 Å². The van der Waals surface area contributed by atoms with Gasteiger partial charge in [-0.1, -0.05) is 17.2 Å². The molecule has 0 saturated carbocycles. The minimum Gasteiger partial charge on any atom is -0.461 e. The average Bonchev–Trinajstić information content (AvgIpc) is 2.88. The van der Waals surface area contributed by atoms with E-state index < -0.39 is 5.97 Å². The van der Waals surface area contributed by atoms with Crippen LogP contribution in [-0.2, 0) is 4.74 Å². The minimum atomic E-state index is -0.539. The minimum absolute atomic E-state index is 0.117. The van der Waals surface area contributed by atoms with E-state index in [-0.39, 0.29) is 16.8 Å². The lowest BCUT2D eigenvalue weighted by Crippen LogP contribution is -2.03. The molecule has 0 N–H and O–H groups in total. The second kappa shape index (κ2) is 5.93. The van der Waals surface area contributed by atoms with Crippen LogP contribution in [0.3, 0.4) is 0 Å². The number of esters is 1. The summed E-state index contributed by atoms with van der Waals surface area (Å²) < 4.78 is 10.2. The molecule has 1 heterocycles. The van der Waals surface area contributed by atoms with Crippen LogP contribution in [0.15, 0.2) is 24.3 Å². The third-order valence-corrected chi connectivity index (χ3v) is 2.84. The number of rotatable bonds is 4. The number of nitrogens with zero attached hydrogens (tertiary/aromatic N) is 3. The summed E-state index contributed by atoms with van der Waals surface area (Å²) in [7, 11) is 0. The Morgan fingerprint density at radius 1 is 1.42 bits per heavy atom. The van der Waals surface area contributed by atoms with Crippen LogP contribution < -0.4 is 4.74 Å². The van der Waals surface area contributed by atoms with E-state index in [2.05, 4.69) is 10.2 Å². The van der Waals surface area contributed by atoms with E-state index in [1.807, 2.05) is 6.07 Å². The Bertz CT molecular complexity index is 633. The molecule has 2 rings (SSSR count). The van der Waals surface area contributed by atoms with Crippen molar-refractivity contribution < 1.29 is 14.3 Å². The number of carbonyl (C=O) groups is 1. The molecule has 0 aliphatic heterocycles. The highest BCUT2D eigenvalue weighted by atomic mass is 32.1. The van der Waals surface area contributed by atoms with Gasteiger partial charge in [0, 0.05) is 0 Å². The zero-order chi connectivity index (χ0) is 13.7. The summed E-state index contributed by atoms with van der Waals surface area (Å²) in [6, 6.07) is 8.75. The summed E-state index contributed by atoms with van der Waals surface area (Å²) in [5.74, 6) is -0.167. The van der Waals surface area contributed by atoms with Crippen LogP contribution in [0.5, 0.6) is 10.9 Å². The topological polar surface area (TPSA) is 85.1 Å². The first kappa shape index (κ1) is 13.0. The summed E-state index contributed by atoms with van der Waals surface area (Å²) in [5.41, 5.74) is 0.385. The van der Waals surface area contributed by atoms with Crippen molar-refractivity contribution in [1.29, 1.82) is 5.26 Å². The van der Waals surface area contributed by atoms with Gasteiger partial charge in [0.15, 0.2) is 0 Å². The van der Waals surface area contributed by atoms with Crippen LogP contribution in [-0.4, -0.2) is 22.8 Å². The van der Waals surface area contributed by atoms with Crippen molar-refractivity contribution in [3.8, 4) is 17.0 Å². The molecule has 0 fully saturated rings. The monoisotopic (exact) mass is 275 g/mol. The van der Waals surface area contributed by atoms with Gasteiger partial charge in [-0.2, -0.15) is 5.26 Å². The van der Waals surface area contributed by atoms with Gasteiger partial charge in [-0.15, -0.1) is 5.10 Å². The van der Waals surface area contributed by atoms with Crippen LogP contribution in [0, 0.1) is 11.3 Å². The fraction of sp³-hybridized carbons (Fsp3) is 0.167. The molecule has 2 aromatic rings. The van der Waals surface area contributed by atoms with E-state index in [1.165, 1.54) is 0 Å². The summed E-state index contributed by atoms with van der Waals surface area (Å²) in [6.07, 6.45) is 0. The highest BCUT2D eigenvalue weighted by molar-refractivity contribution is 7.14. The van der Waals surface area contributed by atoms with Gasteiger partial charge in [0.25, 0.3) is 5.19 Å². The number of carbonyl (C=O) groups excluding carboxylic acids is 1. The molecule has 0 aliphatic carbocycles. The molecule has 1 aromatic carbocycles. The van der Waals surface area contributed by atoms with Gasteiger partial charge in [0.05, 0.1) is 12.2 Å². The van der Waals surface area contributed by atoms with Gasteiger partial charge in [-0.05, 0) is 30.4 Å². The van der Waals surface area contributed by atoms with Gasteiger partial charge in [0.2, 0.25) is 5.01 Å². The first-order valence-electron chi connectivity index (χ1n) is 5.42. The Kier molecular flexibility index (Phi) is 4.05. The van der Waals surface area contributed by atoms with Gasteiger partial charge >= 0.3 is 5.97 Å². The second-order valence-corrected chi connectivity index (χ2v) is 4.24. The van der Waals surface area contributed by atoms with Gasteiger partial charge in [-0.3, -0.25) is 0 Å². The van der Waals surface area contributed by atoms with E-state index >= 15 is 0 Å². The molecule has 0 unspecified atom stereocenters. The average molecular weight is 275 g/mol. The molecule has 0 saturated heterocycles. The number of nitriles is 1. The van der Waals surface area contributed by atoms with Crippen molar-refractivity contribution in [2.24, 2.45) is 0 Å². The normalized spacial score (nSPS) is 9.68. The maximum atomic E-state index is 11.4. The third-order valence-electron chi connectivity index (χ3n) is 2.06. The molecule has 96 valence electrons. The van der Waals surface area contributed by atoms with Crippen molar-refractivity contribution in [1.82, 2.24) is 10.2 Å². The zero-order valence-electron chi connectivity index (χ0n) is 9.99. The summed E-state index contributed by atoms with van der Waals surface area (Å²) >= 11 is 0.967. The Labute approximate surface area is 113 Å². The molecule has 6 nitrogen and oxygen atoms in total. The van der Waals surface area contributed by atoms with Crippen LogP contribution in [0.2, 0.25) is 0 Å². The van der Waals surface area contributed by atoms with Gasteiger partial charge in [-0.25, -0.2) is 4.79 Å². The van der Waals surface area contributed by atoms with E-state index in [4.69, 9.17) is 14.7 Å². The fourth-order valence-electron chi connectivity index (χ4n) is 1.27. The quantitative estimate of drug-likeness (QED) is 0.796. The number of hydrogen-bond donors (Lipinski definition) is 0. The van der Waals surface area contributed by atoms with Crippen molar-refractivity contribution >= 4 is 17.3 Å². The maximum absolute atomic E-state index is 11.4. The van der Waals surface area contributed by atoms with Crippen molar-refractivity contribution in [2.45, 2.75) is 6.92 Å². The Morgan fingerprint density at radius 3 is 2.95 bits per heavy atom. The Morgan fingerprint density at radius 2 is 2.21 bits per heavy atom. The molecule has 0 bridgehead atoms. The largest absolute Gasteiger partial charge is 0.461 e. The summed E-state index contributed by atoms with van der Waals surface area (Å²) in [6.45, 7) is 1.98.